The van der Waals surface area contributed by atoms with E-state index in [1.807, 2.05) is 6.92 Å². The largest absolute Gasteiger partial charge is 0.291 e. The Bertz CT molecular complexity index is 349. The molecule has 5 heteroatoms. The lowest BCUT2D eigenvalue weighted by molar-refractivity contribution is -0.134. The Morgan fingerprint density at radius 3 is 2.26 bits per heavy atom. The second kappa shape index (κ2) is 9.44. The molecule has 0 heterocycles. The third-order valence-electron chi connectivity index (χ3n) is 2.74. The molecule has 1 N–H and O–H groups in total. The molecule has 0 aliphatic heterocycles. The Balaban J connectivity index is 4.30. The first-order chi connectivity index (χ1) is 8.90. The number of amides is 1. The molecule has 5 nitrogen and oxygen atoms in total. The number of carbonyl (C=O) groups excluding carboxylic acids is 3. The Morgan fingerprint density at radius 2 is 1.79 bits per heavy atom. The Morgan fingerprint density at radius 1 is 1.16 bits per heavy atom. The number of allylic oxidation sites excluding steroid dienone is 1. The summed E-state index contributed by atoms with van der Waals surface area (Å²) in [5.74, 6) is -1.20. The number of hydrogen-bond acceptors (Lipinski definition) is 4. The molecule has 0 aromatic rings. The molecule has 0 fully saturated rings. The number of nitrogens with one attached hydrogen (secondary N) is 1. The van der Waals surface area contributed by atoms with Gasteiger partial charge in [-0.1, -0.05) is 33.1 Å². The molecule has 0 saturated carbocycles. The molecule has 19 heavy (non-hydrogen) atoms. The van der Waals surface area contributed by atoms with Crippen molar-refractivity contribution in [3.63, 3.8) is 0 Å². The van der Waals surface area contributed by atoms with Gasteiger partial charge in [-0.3, -0.25) is 19.8 Å². The summed E-state index contributed by atoms with van der Waals surface area (Å²) in [6.07, 6.45) is 5.22. The van der Waals surface area contributed by atoms with Crippen molar-refractivity contribution in [3.8, 4) is 0 Å². The van der Waals surface area contributed by atoms with E-state index in [-0.39, 0.29) is 12.3 Å². The molecule has 0 spiro atoms. The molecule has 108 valence electrons. The Hall–Kier alpha value is -1.49. The molecule has 0 bridgehead atoms. The maximum atomic E-state index is 11.7. The first-order valence-corrected chi connectivity index (χ1v) is 6.63. The predicted molar refractivity (Wildman–Crippen MR) is 74.3 cm³/mol. The van der Waals surface area contributed by atoms with Crippen molar-refractivity contribution >= 4 is 17.5 Å². The number of hydrogen-bond donors (Lipinski definition) is 1. The number of ketones is 2. The van der Waals surface area contributed by atoms with Crippen LogP contribution in [0.5, 0.6) is 0 Å². The maximum Gasteiger partial charge on any atom is 0.258 e. The van der Waals surface area contributed by atoms with Crippen LogP contribution in [0.3, 0.4) is 0 Å². The second-order valence-electron chi connectivity index (χ2n) is 4.76. The minimum absolute atomic E-state index is 0.255. The summed E-state index contributed by atoms with van der Waals surface area (Å²) in [7, 11) is 3.32. The van der Waals surface area contributed by atoms with Crippen LogP contribution in [0.1, 0.15) is 39.5 Å². The van der Waals surface area contributed by atoms with Gasteiger partial charge in [-0.2, -0.15) is 0 Å². The van der Waals surface area contributed by atoms with Gasteiger partial charge in [0.2, 0.25) is 11.6 Å². The van der Waals surface area contributed by atoms with Crippen LogP contribution in [0.25, 0.3) is 0 Å². The fraction of sp³-hybridized carbons (Fsp3) is 0.643. The second-order valence-corrected chi connectivity index (χ2v) is 4.76. The number of hydrazine groups is 1. The monoisotopic (exact) mass is 268 g/mol. The van der Waals surface area contributed by atoms with Crippen molar-refractivity contribution in [2.24, 2.45) is 5.92 Å². The van der Waals surface area contributed by atoms with Gasteiger partial charge in [0.25, 0.3) is 5.91 Å². The Kier molecular flexibility index (Phi) is 8.70. The summed E-state index contributed by atoms with van der Waals surface area (Å²) in [5, 5.41) is 1.47. The van der Waals surface area contributed by atoms with Crippen LogP contribution in [-0.4, -0.2) is 36.6 Å². The van der Waals surface area contributed by atoms with E-state index in [0.29, 0.717) is 0 Å². The van der Waals surface area contributed by atoms with Crippen LogP contribution in [0.15, 0.2) is 12.2 Å². The minimum atomic E-state index is -0.608. The van der Waals surface area contributed by atoms with E-state index < -0.39 is 17.5 Å². The molecule has 1 atom stereocenters. The number of nitrogens with zero attached hydrogens (tertiary/aromatic N) is 1. The maximum absolute atomic E-state index is 11.7. The van der Waals surface area contributed by atoms with E-state index in [2.05, 4.69) is 12.3 Å². The fourth-order valence-corrected chi connectivity index (χ4v) is 1.72. The lowest BCUT2D eigenvalue weighted by Gasteiger charge is -2.11. The van der Waals surface area contributed by atoms with E-state index in [0.717, 1.165) is 31.4 Å². The van der Waals surface area contributed by atoms with E-state index in [4.69, 9.17) is 0 Å². The highest BCUT2D eigenvalue weighted by molar-refractivity contribution is 6.42. The summed E-state index contributed by atoms with van der Waals surface area (Å²) in [6.45, 7) is 4.07. The standard InChI is InChI=1S/C14H24N2O3/c1-5-7-11(6-2)10-13(18)12(17)8-9-14(19)15-16(3)4/h8-9,11H,5-7,10H2,1-4H3,(H,15,19)/b9-8-. The first kappa shape index (κ1) is 17.5. The topological polar surface area (TPSA) is 66.5 Å². The highest BCUT2D eigenvalue weighted by Crippen LogP contribution is 2.15. The van der Waals surface area contributed by atoms with E-state index in [9.17, 15) is 14.4 Å². The minimum Gasteiger partial charge on any atom is -0.291 e. The van der Waals surface area contributed by atoms with Gasteiger partial charge in [0.1, 0.15) is 0 Å². The van der Waals surface area contributed by atoms with Crippen LogP contribution in [0, 0.1) is 5.92 Å². The zero-order valence-corrected chi connectivity index (χ0v) is 12.2. The van der Waals surface area contributed by atoms with Gasteiger partial charge in [-0.25, -0.2) is 5.01 Å². The SMILES string of the molecule is CCCC(CC)CC(=O)C(=O)/C=C\C(=O)NN(C)C. The lowest BCUT2D eigenvalue weighted by Crippen LogP contribution is -2.35. The van der Waals surface area contributed by atoms with Gasteiger partial charge in [-0.15, -0.1) is 0 Å². The van der Waals surface area contributed by atoms with Crippen LogP contribution in [0.4, 0.5) is 0 Å². The smallest absolute Gasteiger partial charge is 0.258 e. The summed E-state index contributed by atoms with van der Waals surface area (Å²) < 4.78 is 0. The molecule has 0 rings (SSSR count). The molecule has 0 aromatic heterocycles. The van der Waals surface area contributed by atoms with Crippen LogP contribution >= 0.6 is 0 Å². The first-order valence-electron chi connectivity index (χ1n) is 6.63. The highest BCUT2D eigenvalue weighted by Gasteiger charge is 2.16. The van der Waals surface area contributed by atoms with Crippen molar-refractivity contribution in [1.82, 2.24) is 10.4 Å². The zero-order valence-electron chi connectivity index (χ0n) is 12.2. The molecular formula is C14H24N2O3. The molecule has 0 radical (unpaired) electrons. The predicted octanol–water partition coefficient (Wildman–Crippen LogP) is 1.49. The van der Waals surface area contributed by atoms with Gasteiger partial charge in [0.05, 0.1) is 0 Å². The van der Waals surface area contributed by atoms with Gasteiger partial charge in [0, 0.05) is 26.6 Å². The molecular weight excluding hydrogens is 244 g/mol. The summed E-state index contributed by atoms with van der Waals surface area (Å²) in [4.78, 5) is 34.5. The van der Waals surface area contributed by atoms with Crippen LogP contribution < -0.4 is 5.43 Å². The zero-order chi connectivity index (χ0) is 14.8. The molecule has 1 unspecified atom stereocenters. The third-order valence-corrected chi connectivity index (χ3v) is 2.74. The van der Waals surface area contributed by atoms with Gasteiger partial charge in [-0.05, 0) is 12.0 Å². The molecule has 0 aliphatic carbocycles. The molecule has 0 aromatic carbocycles. The number of rotatable bonds is 9. The van der Waals surface area contributed by atoms with Gasteiger partial charge in [0.15, 0.2) is 0 Å². The van der Waals surface area contributed by atoms with Crippen molar-refractivity contribution in [3.05, 3.63) is 12.2 Å². The van der Waals surface area contributed by atoms with Crippen molar-refractivity contribution in [2.75, 3.05) is 14.1 Å². The normalized spacial score (nSPS) is 12.7. The summed E-state index contributed by atoms with van der Waals surface area (Å²) in [6, 6.07) is 0. The highest BCUT2D eigenvalue weighted by atomic mass is 16.2. The number of carbonyl (C=O) groups is 3. The molecule has 0 saturated heterocycles. The summed E-state index contributed by atoms with van der Waals surface area (Å²) >= 11 is 0. The van der Waals surface area contributed by atoms with E-state index >= 15 is 0 Å². The third kappa shape index (κ3) is 8.26. The summed E-state index contributed by atoms with van der Waals surface area (Å²) in [5.41, 5.74) is 2.45. The Labute approximate surface area is 115 Å². The lowest BCUT2D eigenvalue weighted by atomic mass is 9.93. The van der Waals surface area contributed by atoms with Gasteiger partial charge >= 0.3 is 0 Å². The fourth-order valence-electron chi connectivity index (χ4n) is 1.72. The van der Waals surface area contributed by atoms with Crippen molar-refractivity contribution in [2.45, 2.75) is 39.5 Å². The molecule has 1 amide bonds. The average Bonchev–Trinajstić information content (AvgIpc) is 2.34. The van der Waals surface area contributed by atoms with Gasteiger partial charge < -0.3 is 0 Å². The average molecular weight is 268 g/mol. The quantitative estimate of drug-likeness (QED) is 0.391. The molecule has 0 aliphatic rings. The number of Topliss-reactive ketones (excluding diaryl/α,β-unsaturated/α-hetero) is 1. The van der Waals surface area contributed by atoms with Crippen molar-refractivity contribution < 1.29 is 14.4 Å². The van der Waals surface area contributed by atoms with Crippen LogP contribution in [0.2, 0.25) is 0 Å². The van der Waals surface area contributed by atoms with Crippen LogP contribution in [-0.2, 0) is 14.4 Å². The van der Waals surface area contributed by atoms with E-state index in [1.165, 1.54) is 5.01 Å². The van der Waals surface area contributed by atoms with Crippen molar-refractivity contribution in [1.29, 1.82) is 0 Å². The van der Waals surface area contributed by atoms with E-state index in [1.54, 1.807) is 14.1 Å².